The lowest BCUT2D eigenvalue weighted by Crippen LogP contribution is -2.28. The molecule has 3 aromatic carbocycles. The lowest BCUT2D eigenvalue weighted by Gasteiger charge is -2.23. The number of benzene rings is 3. The number of rotatable bonds is 9. The quantitative estimate of drug-likeness (QED) is 0.437. The highest BCUT2D eigenvalue weighted by atomic mass is 35.5. The molecule has 176 valence electrons. The van der Waals surface area contributed by atoms with Crippen molar-refractivity contribution in [1.29, 1.82) is 0 Å². The number of halogens is 1. The van der Waals surface area contributed by atoms with E-state index in [4.69, 9.17) is 16.3 Å². The molecule has 0 unspecified atom stereocenters. The van der Waals surface area contributed by atoms with E-state index in [1.165, 1.54) is 0 Å². The number of amides is 2. The molecule has 3 aromatic rings. The Kier molecular flexibility index (Phi) is 8.88. The molecule has 0 aromatic heterocycles. The third kappa shape index (κ3) is 6.72. The summed E-state index contributed by atoms with van der Waals surface area (Å²) in [5, 5.41) is 3.56. The maximum atomic E-state index is 13.1. The van der Waals surface area contributed by atoms with E-state index in [0.29, 0.717) is 28.6 Å². The number of methoxy groups -OCH3 is 1. The molecular weight excluding hydrogens is 448 g/mol. The van der Waals surface area contributed by atoms with Crippen LogP contribution >= 0.6 is 11.6 Å². The van der Waals surface area contributed by atoms with Crippen LogP contribution in [-0.2, 0) is 11.2 Å². The van der Waals surface area contributed by atoms with Gasteiger partial charge in [-0.1, -0.05) is 54.1 Å². The van der Waals surface area contributed by atoms with Gasteiger partial charge < -0.3 is 15.0 Å². The number of carbonyl (C=O) groups is 2. The van der Waals surface area contributed by atoms with Crippen molar-refractivity contribution in [1.82, 2.24) is 10.2 Å². The van der Waals surface area contributed by atoms with Gasteiger partial charge in [-0.15, -0.1) is 0 Å². The van der Waals surface area contributed by atoms with Crippen LogP contribution in [0.1, 0.15) is 34.8 Å². The van der Waals surface area contributed by atoms with Gasteiger partial charge in [0.15, 0.2) is 0 Å². The van der Waals surface area contributed by atoms with Crippen molar-refractivity contribution < 1.29 is 14.3 Å². The molecule has 0 aliphatic carbocycles. The predicted molar refractivity (Wildman–Crippen MR) is 137 cm³/mol. The zero-order valence-corrected chi connectivity index (χ0v) is 20.4. The topological polar surface area (TPSA) is 58.6 Å². The van der Waals surface area contributed by atoms with Gasteiger partial charge in [-0.2, -0.15) is 0 Å². The van der Waals surface area contributed by atoms with Crippen LogP contribution in [0.4, 0.5) is 0 Å². The first-order valence-electron chi connectivity index (χ1n) is 11.1. The molecular formula is C28H29ClN2O3. The molecule has 0 radical (unpaired) electrons. The highest BCUT2D eigenvalue weighted by molar-refractivity contribution is 6.30. The van der Waals surface area contributed by atoms with Crippen LogP contribution in [0.2, 0.25) is 5.02 Å². The molecule has 0 aliphatic rings. The van der Waals surface area contributed by atoms with Crippen LogP contribution < -0.4 is 10.1 Å². The second kappa shape index (κ2) is 12.1. The summed E-state index contributed by atoms with van der Waals surface area (Å²) in [5.74, 6) is 0.387. The Morgan fingerprint density at radius 1 is 0.941 bits per heavy atom. The van der Waals surface area contributed by atoms with Gasteiger partial charge in [0.25, 0.3) is 5.91 Å². The highest BCUT2D eigenvalue weighted by Crippen LogP contribution is 2.28. The zero-order chi connectivity index (χ0) is 24.5. The van der Waals surface area contributed by atoms with E-state index in [2.05, 4.69) is 5.32 Å². The Labute approximate surface area is 206 Å². The smallest absolute Gasteiger partial charge is 0.257 e. The van der Waals surface area contributed by atoms with E-state index < -0.39 is 0 Å². The standard InChI is InChI=1S/C28H29ClN2O3/c1-20(31(2)28(33)22-12-14-24(29)15-13-22)26(23-10-7-11-25(18-23)34-3)19-27(32)30-17-16-21-8-5-4-6-9-21/h4-15,18H,16-17,19H2,1-3H3,(H,30,32). The van der Waals surface area contributed by atoms with Gasteiger partial charge in [0.05, 0.1) is 13.5 Å². The maximum absolute atomic E-state index is 13.1. The van der Waals surface area contributed by atoms with Gasteiger partial charge >= 0.3 is 0 Å². The Bertz CT molecular complexity index is 1160. The number of hydrogen-bond donors (Lipinski definition) is 1. The van der Waals surface area contributed by atoms with Crippen molar-refractivity contribution >= 4 is 29.0 Å². The number of carbonyl (C=O) groups excluding carboxylic acids is 2. The molecule has 1 N–H and O–H groups in total. The summed E-state index contributed by atoms with van der Waals surface area (Å²) in [7, 11) is 3.31. The molecule has 34 heavy (non-hydrogen) atoms. The number of ether oxygens (including phenoxy) is 1. The average Bonchev–Trinajstić information content (AvgIpc) is 2.87. The molecule has 0 fully saturated rings. The maximum Gasteiger partial charge on any atom is 0.257 e. The Morgan fingerprint density at radius 3 is 2.32 bits per heavy atom. The van der Waals surface area contributed by atoms with E-state index in [1.807, 2.05) is 61.5 Å². The van der Waals surface area contributed by atoms with E-state index >= 15 is 0 Å². The van der Waals surface area contributed by atoms with Crippen molar-refractivity contribution in [2.75, 3.05) is 20.7 Å². The molecule has 5 nitrogen and oxygen atoms in total. The molecule has 0 atom stereocenters. The van der Waals surface area contributed by atoms with Crippen LogP contribution in [-0.4, -0.2) is 37.4 Å². The minimum absolute atomic E-state index is 0.111. The second-order valence-corrected chi connectivity index (χ2v) is 8.37. The summed E-state index contributed by atoms with van der Waals surface area (Å²) in [5.41, 5.74) is 3.94. The minimum Gasteiger partial charge on any atom is -0.497 e. The molecule has 3 rings (SSSR count). The van der Waals surface area contributed by atoms with Crippen molar-refractivity contribution in [2.45, 2.75) is 19.8 Å². The van der Waals surface area contributed by atoms with Crippen molar-refractivity contribution in [3.63, 3.8) is 0 Å². The molecule has 6 heteroatoms. The molecule has 0 heterocycles. The summed E-state index contributed by atoms with van der Waals surface area (Å²) in [6.45, 7) is 2.38. The van der Waals surface area contributed by atoms with Crippen LogP contribution in [0.15, 0.2) is 84.6 Å². The summed E-state index contributed by atoms with van der Waals surface area (Å²) in [6.07, 6.45) is 0.880. The number of nitrogens with zero attached hydrogens (tertiary/aromatic N) is 1. The fourth-order valence-corrected chi connectivity index (χ4v) is 3.73. The first-order chi connectivity index (χ1) is 16.4. The van der Waals surface area contributed by atoms with Crippen LogP contribution in [0.5, 0.6) is 5.75 Å². The largest absolute Gasteiger partial charge is 0.497 e. The fraction of sp³-hybridized carbons (Fsp3) is 0.214. The second-order valence-electron chi connectivity index (χ2n) is 7.93. The zero-order valence-electron chi connectivity index (χ0n) is 19.7. The first kappa shape index (κ1) is 25.1. The molecule has 0 bridgehead atoms. The van der Waals surface area contributed by atoms with Gasteiger partial charge in [0, 0.05) is 29.9 Å². The predicted octanol–water partition coefficient (Wildman–Crippen LogP) is 5.60. The normalized spacial score (nSPS) is 11.4. The summed E-state index contributed by atoms with van der Waals surface area (Å²) >= 11 is 5.97. The summed E-state index contributed by atoms with van der Waals surface area (Å²) < 4.78 is 5.38. The van der Waals surface area contributed by atoms with E-state index in [0.717, 1.165) is 23.1 Å². The minimum atomic E-state index is -0.181. The Hall–Kier alpha value is -3.57. The molecule has 0 spiro atoms. The molecule has 0 saturated carbocycles. The van der Waals surface area contributed by atoms with E-state index in [-0.39, 0.29) is 18.2 Å². The van der Waals surface area contributed by atoms with Gasteiger partial charge in [0.2, 0.25) is 5.91 Å². The number of allylic oxidation sites excluding steroid dienone is 1. The Balaban J connectivity index is 1.83. The van der Waals surface area contributed by atoms with Crippen LogP contribution in [0.3, 0.4) is 0 Å². The average molecular weight is 477 g/mol. The molecule has 0 aliphatic heterocycles. The first-order valence-corrected chi connectivity index (χ1v) is 11.4. The number of nitrogens with one attached hydrogen (secondary N) is 1. The molecule has 2 amide bonds. The van der Waals surface area contributed by atoms with E-state index in [1.54, 1.807) is 43.3 Å². The van der Waals surface area contributed by atoms with Crippen molar-refractivity contribution in [3.05, 3.63) is 106 Å². The van der Waals surface area contributed by atoms with Gasteiger partial charge in [-0.05, 0) is 66.4 Å². The van der Waals surface area contributed by atoms with Crippen LogP contribution in [0.25, 0.3) is 5.57 Å². The fourth-order valence-electron chi connectivity index (χ4n) is 3.60. The SMILES string of the molecule is COc1cccc(C(CC(=O)NCCc2ccccc2)=C(C)N(C)C(=O)c2ccc(Cl)cc2)c1. The third-order valence-electron chi connectivity index (χ3n) is 5.67. The van der Waals surface area contributed by atoms with Crippen molar-refractivity contribution in [2.24, 2.45) is 0 Å². The summed E-state index contributed by atoms with van der Waals surface area (Å²) in [4.78, 5) is 27.5. The Morgan fingerprint density at radius 2 is 1.65 bits per heavy atom. The molecule has 0 saturated heterocycles. The van der Waals surface area contributed by atoms with Crippen molar-refractivity contribution in [3.8, 4) is 5.75 Å². The van der Waals surface area contributed by atoms with Gasteiger partial charge in [-0.25, -0.2) is 0 Å². The summed E-state index contributed by atoms with van der Waals surface area (Å²) in [6, 6.07) is 24.3. The van der Waals surface area contributed by atoms with Crippen LogP contribution in [0, 0.1) is 0 Å². The monoisotopic (exact) mass is 476 g/mol. The lowest BCUT2D eigenvalue weighted by atomic mass is 9.99. The highest BCUT2D eigenvalue weighted by Gasteiger charge is 2.19. The number of hydrogen-bond acceptors (Lipinski definition) is 3. The lowest BCUT2D eigenvalue weighted by molar-refractivity contribution is -0.120. The van der Waals surface area contributed by atoms with Gasteiger partial charge in [0.1, 0.15) is 5.75 Å². The third-order valence-corrected chi connectivity index (χ3v) is 5.92. The van der Waals surface area contributed by atoms with E-state index in [9.17, 15) is 9.59 Å². The van der Waals surface area contributed by atoms with Gasteiger partial charge in [-0.3, -0.25) is 9.59 Å².